The Labute approximate surface area is 115 Å². The molecule has 0 aromatic heterocycles. The van der Waals surface area contributed by atoms with Crippen molar-refractivity contribution in [2.45, 2.75) is 20.3 Å². The first-order chi connectivity index (χ1) is 9.24. The van der Waals surface area contributed by atoms with E-state index < -0.39 is 0 Å². The van der Waals surface area contributed by atoms with E-state index in [1.54, 1.807) is 0 Å². The lowest BCUT2D eigenvalue weighted by molar-refractivity contribution is -0.115. The van der Waals surface area contributed by atoms with E-state index in [2.05, 4.69) is 28.1 Å². The third kappa shape index (κ3) is 3.47. The van der Waals surface area contributed by atoms with Crippen molar-refractivity contribution in [3.8, 4) is 0 Å². The third-order valence-corrected chi connectivity index (χ3v) is 3.66. The summed E-state index contributed by atoms with van der Waals surface area (Å²) in [6.07, 6.45) is 0.512. The number of hydrogen-bond donors (Lipinski definition) is 1. The van der Waals surface area contributed by atoms with Gasteiger partial charge in [-0.15, -0.1) is 0 Å². The van der Waals surface area contributed by atoms with Gasteiger partial charge >= 0.3 is 0 Å². The zero-order valence-corrected chi connectivity index (χ0v) is 11.9. The highest BCUT2D eigenvalue weighted by Crippen LogP contribution is 2.26. The van der Waals surface area contributed by atoms with E-state index in [-0.39, 0.29) is 5.91 Å². The fourth-order valence-electron chi connectivity index (χ4n) is 2.40. The average Bonchev–Trinajstić information content (AvgIpc) is 2.48. The number of hydrogen-bond acceptors (Lipinski definition) is 3. The summed E-state index contributed by atoms with van der Waals surface area (Å²) in [7, 11) is 0. The minimum Gasteiger partial charge on any atom is -0.367 e. The molecule has 0 spiro atoms. The van der Waals surface area contributed by atoms with Crippen LogP contribution in [0.2, 0.25) is 0 Å². The summed E-state index contributed by atoms with van der Waals surface area (Å²) >= 11 is 0. The maximum atomic E-state index is 11.6. The summed E-state index contributed by atoms with van der Waals surface area (Å²) < 4.78 is 0. The van der Waals surface area contributed by atoms with Crippen LogP contribution in [0.3, 0.4) is 0 Å². The number of piperazine rings is 1. The second-order valence-corrected chi connectivity index (χ2v) is 4.84. The number of anilines is 2. The number of benzene rings is 1. The maximum absolute atomic E-state index is 11.6. The monoisotopic (exact) mass is 261 g/mol. The van der Waals surface area contributed by atoms with Gasteiger partial charge in [0.05, 0.1) is 11.4 Å². The van der Waals surface area contributed by atoms with E-state index in [1.165, 1.54) is 0 Å². The molecule has 1 aromatic carbocycles. The van der Waals surface area contributed by atoms with Crippen molar-refractivity contribution in [1.29, 1.82) is 0 Å². The van der Waals surface area contributed by atoms with E-state index in [1.807, 2.05) is 25.1 Å². The molecule has 0 saturated carbocycles. The summed E-state index contributed by atoms with van der Waals surface area (Å²) in [5.41, 5.74) is 2.07. The Kier molecular flexibility index (Phi) is 4.80. The van der Waals surface area contributed by atoms with Crippen LogP contribution in [-0.2, 0) is 4.79 Å². The van der Waals surface area contributed by atoms with Gasteiger partial charge < -0.3 is 15.1 Å². The van der Waals surface area contributed by atoms with Crippen LogP contribution in [0.5, 0.6) is 0 Å². The number of rotatable bonds is 4. The van der Waals surface area contributed by atoms with Crippen molar-refractivity contribution in [2.75, 3.05) is 42.9 Å². The van der Waals surface area contributed by atoms with Crippen molar-refractivity contribution >= 4 is 17.3 Å². The van der Waals surface area contributed by atoms with Crippen LogP contribution in [0.25, 0.3) is 0 Å². The summed E-state index contributed by atoms with van der Waals surface area (Å²) in [5.74, 6) is 0.0691. The fraction of sp³-hybridized carbons (Fsp3) is 0.533. The smallest absolute Gasteiger partial charge is 0.224 e. The Morgan fingerprint density at radius 1 is 1.16 bits per heavy atom. The molecule has 1 aromatic rings. The van der Waals surface area contributed by atoms with Crippen LogP contribution in [-0.4, -0.2) is 43.5 Å². The van der Waals surface area contributed by atoms with Gasteiger partial charge in [0.1, 0.15) is 0 Å². The van der Waals surface area contributed by atoms with Gasteiger partial charge in [0, 0.05) is 32.6 Å². The molecule has 0 radical (unpaired) electrons. The number of amides is 1. The van der Waals surface area contributed by atoms with Crippen LogP contribution in [0.1, 0.15) is 20.3 Å². The highest BCUT2D eigenvalue weighted by molar-refractivity contribution is 5.94. The first kappa shape index (κ1) is 13.9. The zero-order chi connectivity index (χ0) is 13.7. The number of carbonyl (C=O) groups is 1. The summed E-state index contributed by atoms with van der Waals surface area (Å²) in [5, 5.41) is 2.99. The average molecular weight is 261 g/mol. The van der Waals surface area contributed by atoms with Crippen molar-refractivity contribution in [2.24, 2.45) is 0 Å². The van der Waals surface area contributed by atoms with E-state index in [0.717, 1.165) is 44.1 Å². The first-order valence-electron chi connectivity index (χ1n) is 7.10. The minimum absolute atomic E-state index is 0.0691. The SMILES string of the molecule is CCC(=O)Nc1ccccc1N1CCN(CC)CC1. The lowest BCUT2D eigenvalue weighted by Gasteiger charge is -2.36. The minimum atomic E-state index is 0.0691. The van der Waals surface area contributed by atoms with Gasteiger partial charge in [-0.1, -0.05) is 26.0 Å². The Hall–Kier alpha value is -1.55. The highest BCUT2D eigenvalue weighted by atomic mass is 16.1. The lowest BCUT2D eigenvalue weighted by Crippen LogP contribution is -2.46. The van der Waals surface area contributed by atoms with Crippen LogP contribution in [0.4, 0.5) is 11.4 Å². The normalized spacial score (nSPS) is 16.4. The standard InChI is InChI=1S/C15H23N3O/c1-3-15(19)16-13-7-5-6-8-14(13)18-11-9-17(4-2)10-12-18/h5-8H,3-4,9-12H2,1-2H3,(H,16,19). The third-order valence-electron chi connectivity index (χ3n) is 3.66. The summed E-state index contributed by atoms with van der Waals surface area (Å²) in [6, 6.07) is 8.07. The molecule has 104 valence electrons. The largest absolute Gasteiger partial charge is 0.367 e. The molecule has 1 amide bonds. The van der Waals surface area contributed by atoms with Gasteiger partial charge in [-0.05, 0) is 18.7 Å². The molecule has 1 aliphatic heterocycles. The zero-order valence-electron chi connectivity index (χ0n) is 11.9. The quantitative estimate of drug-likeness (QED) is 0.902. The number of nitrogens with one attached hydrogen (secondary N) is 1. The highest BCUT2D eigenvalue weighted by Gasteiger charge is 2.18. The summed E-state index contributed by atoms with van der Waals surface area (Å²) in [4.78, 5) is 16.4. The van der Waals surface area contributed by atoms with Crippen LogP contribution >= 0.6 is 0 Å². The Bertz CT molecular complexity index is 425. The molecule has 4 nitrogen and oxygen atoms in total. The molecule has 1 aliphatic rings. The van der Waals surface area contributed by atoms with Gasteiger partial charge in [0.2, 0.25) is 5.91 Å². The van der Waals surface area contributed by atoms with Crippen LogP contribution < -0.4 is 10.2 Å². The second-order valence-electron chi connectivity index (χ2n) is 4.84. The summed E-state index contributed by atoms with van der Waals surface area (Å²) in [6.45, 7) is 9.41. The predicted molar refractivity (Wildman–Crippen MR) is 79.7 cm³/mol. The van der Waals surface area contributed by atoms with Gasteiger partial charge in [-0.3, -0.25) is 4.79 Å². The van der Waals surface area contributed by atoms with Gasteiger partial charge in [-0.2, -0.15) is 0 Å². The topological polar surface area (TPSA) is 35.6 Å². The molecule has 1 heterocycles. The number of carbonyl (C=O) groups excluding carboxylic acids is 1. The van der Waals surface area contributed by atoms with Crippen molar-refractivity contribution in [1.82, 2.24) is 4.90 Å². The van der Waals surface area contributed by atoms with E-state index >= 15 is 0 Å². The first-order valence-corrected chi connectivity index (χ1v) is 7.10. The van der Waals surface area contributed by atoms with E-state index in [9.17, 15) is 4.79 Å². The van der Waals surface area contributed by atoms with Crippen LogP contribution in [0.15, 0.2) is 24.3 Å². The molecule has 2 rings (SSSR count). The number of nitrogens with zero attached hydrogens (tertiary/aromatic N) is 2. The number of para-hydroxylation sites is 2. The molecule has 0 atom stereocenters. The molecule has 4 heteroatoms. The molecule has 0 aliphatic carbocycles. The molecule has 19 heavy (non-hydrogen) atoms. The maximum Gasteiger partial charge on any atom is 0.224 e. The van der Waals surface area contributed by atoms with Crippen molar-refractivity contribution in [3.05, 3.63) is 24.3 Å². The molecule has 0 bridgehead atoms. The van der Waals surface area contributed by atoms with Crippen molar-refractivity contribution in [3.63, 3.8) is 0 Å². The molecule has 1 N–H and O–H groups in total. The van der Waals surface area contributed by atoms with Crippen LogP contribution in [0, 0.1) is 0 Å². The number of likely N-dealkylation sites (N-methyl/N-ethyl adjacent to an activating group) is 1. The molecule has 0 unspecified atom stereocenters. The molecular formula is C15H23N3O. The lowest BCUT2D eigenvalue weighted by atomic mass is 10.2. The Balaban J connectivity index is 2.09. The van der Waals surface area contributed by atoms with E-state index in [4.69, 9.17) is 0 Å². The molecule has 1 fully saturated rings. The van der Waals surface area contributed by atoms with Gasteiger partial charge in [0.25, 0.3) is 0 Å². The molecular weight excluding hydrogens is 238 g/mol. The van der Waals surface area contributed by atoms with Gasteiger partial charge in [0.15, 0.2) is 0 Å². The Morgan fingerprint density at radius 3 is 2.47 bits per heavy atom. The predicted octanol–water partition coefficient (Wildman–Crippen LogP) is 2.18. The van der Waals surface area contributed by atoms with Crippen molar-refractivity contribution < 1.29 is 4.79 Å². The fourth-order valence-corrected chi connectivity index (χ4v) is 2.40. The van der Waals surface area contributed by atoms with E-state index in [0.29, 0.717) is 6.42 Å². The van der Waals surface area contributed by atoms with Gasteiger partial charge in [-0.25, -0.2) is 0 Å². The Morgan fingerprint density at radius 2 is 1.84 bits per heavy atom. The second kappa shape index (κ2) is 6.57. The molecule has 1 saturated heterocycles.